The summed E-state index contributed by atoms with van der Waals surface area (Å²) in [7, 11) is -4.12. The van der Waals surface area contributed by atoms with Gasteiger partial charge in [0, 0.05) is 18.2 Å². The van der Waals surface area contributed by atoms with Crippen LogP contribution in [0.4, 0.5) is 0 Å². The minimum absolute atomic E-state index is 0.0394. The van der Waals surface area contributed by atoms with E-state index in [9.17, 15) is 9.59 Å². The van der Waals surface area contributed by atoms with Crippen molar-refractivity contribution < 1.29 is 13.6 Å². The van der Waals surface area contributed by atoms with Gasteiger partial charge in [0.05, 0.1) is 12.7 Å². The Morgan fingerprint density at radius 1 is 1.09 bits per heavy atom. The average Bonchev–Trinajstić information content (AvgIpc) is 2.91. The second kappa shape index (κ2) is 8.65. The molecular formula is C23H44N2O5Si2. The fourth-order valence-corrected chi connectivity index (χ4v) is 5.70. The largest absolute Gasteiger partial charge is 0.414 e. The quantitative estimate of drug-likeness (QED) is 0.579. The molecule has 1 fully saturated rings. The normalized spacial score (nSPS) is 25.4. The number of nitrogens with zero attached hydrogens (tertiary/aromatic N) is 1. The maximum absolute atomic E-state index is 12.6. The summed E-state index contributed by atoms with van der Waals surface area (Å²) in [5, 5.41) is 0.113. The first kappa shape index (κ1) is 27.2. The van der Waals surface area contributed by atoms with Crippen molar-refractivity contribution >= 4 is 16.6 Å². The number of H-pyrrole nitrogens is 1. The molecule has 1 aliphatic rings. The Labute approximate surface area is 195 Å². The molecule has 2 rings (SSSR count). The molecule has 32 heavy (non-hydrogen) atoms. The molecule has 9 heteroatoms. The number of aryl methyl sites for hydroxylation is 1. The van der Waals surface area contributed by atoms with Gasteiger partial charge in [0.2, 0.25) is 0 Å². The Bertz CT molecular complexity index is 939. The fraction of sp³-hybridized carbons (Fsp3) is 0.826. The van der Waals surface area contributed by atoms with Crippen LogP contribution < -0.4 is 11.2 Å². The van der Waals surface area contributed by atoms with Crippen LogP contribution in [0.1, 0.15) is 66.7 Å². The molecule has 0 amide bonds. The van der Waals surface area contributed by atoms with E-state index in [2.05, 4.69) is 72.7 Å². The van der Waals surface area contributed by atoms with E-state index in [1.54, 1.807) is 13.1 Å². The van der Waals surface area contributed by atoms with Crippen molar-refractivity contribution in [3.05, 3.63) is 32.6 Å². The number of aromatic amines is 1. The highest BCUT2D eigenvalue weighted by molar-refractivity contribution is 6.74. The predicted molar refractivity (Wildman–Crippen MR) is 134 cm³/mol. The summed E-state index contributed by atoms with van der Waals surface area (Å²) in [6.45, 7) is 26.3. The van der Waals surface area contributed by atoms with Gasteiger partial charge in [-0.25, -0.2) is 4.79 Å². The number of aromatic nitrogens is 2. The van der Waals surface area contributed by atoms with Gasteiger partial charge in [-0.3, -0.25) is 14.3 Å². The Balaban J connectivity index is 2.42. The first-order valence-corrected chi connectivity index (χ1v) is 17.3. The lowest BCUT2D eigenvalue weighted by Crippen LogP contribution is -2.53. The van der Waals surface area contributed by atoms with E-state index >= 15 is 0 Å². The third kappa shape index (κ3) is 5.55. The Hall–Kier alpha value is -1.01. The van der Waals surface area contributed by atoms with Crippen LogP contribution in [0.15, 0.2) is 15.8 Å². The molecule has 184 valence electrons. The highest BCUT2D eigenvalue weighted by atomic mass is 28.4. The van der Waals surface area contributed by atoms with Crippen LogP contribution in [0.2, 0.25) is 36.3 Å². The van der Waals surface area contributed by atoms with Gasteiger partial charge in [-0.05, 0) is 50.1 Å². The minimum Gasteiger partial charge on any atom is -0.414 e. The monoisotopic (exact) mass is 484 g/mol. The van der Waals surface area contributed by atoms with Crippen LogP contribution in [0.3, 0.4) is 0 Å². The van der Waals surface area contributed by atoms with E-state index < -0.39 is 34.2 Å². The maximum atomic E-state index is 12.6. The molecule has 0 spiro atoms. The molecule has 1 aromatic heterocycles. The van der Waals surface area contributed by atoms with Crippen LogP contribution in [-0.4, -0.2) is 44.5 Å². The molecule has 1 aromatic rings. The van der Waals surface area contributed by atoms with E-state index in [4.69, 9.17) is 13.6 Å². The second-order valence-corrected chi connectivity index (χ2v) is 22.1. The summed E-state index contributed by atoms with van der Waals surface area (Å²) < 4.78 is 21.4. The molecule has 1 aliphatic heterocycles. The number of rotatable bonds is 6. The zero-order valence-corrected chi connectivity index (χ0v) is 24.1. The summed E-state index contributed by atoms with van der Waals surface area (Å²) >= 11 is 0. The van der Waals surface area contributed by atoms with Crippen molar-refractivity contribution in [2.45, 2.75) is 116 Å². The van der Waals surface area contributed by atoms with Gasteiger partial charge in [-0.15, -0.1) is 0 Å². The number of nitrogens with one attached hydrogen (secondary N) is 1. The van der Waals surface area contributed by atoms with Crippen molar-refractivity contribution in [1.29, 1.82) is 0 Å². The zero-order chi connectivity index (χ0) is 24.9. The molecule has 0 aliphatic carbocycles. The first-order valence-electron chi connectivity index (χ1n) is 11.5. The molecule has 0 saturated carbocycles. The summed E-state index contributed by atoms with van der Waals surface area (Å²) in [4.78, 5) is 26.8. The van der Waals surface area contributed by atoms with E-state index in [0.29, 0.717) is 18.6 Å². The van der Waals surface area contributed by atoms with E-state index in [0.717, 1.165) is 0 Å². The van der Waals surface area contributed by atoms with Gasteiger partial charge >= 0.3 is 5.69 Å². The first-order chi connectivity index (χ1) is 14.2. The highest BCUT2D eigenvalue weighted by Gasteiger charge is 2.52. The smallest absolute Gasteiger partial charge is 0.330 e. The summed E-state index contributed by atoms with van der Waals surface area (Å²) in [6.07, 6.45) is 1.35. The Morgan fingerprint density at radius 3 is 2.12 bits per heavy atom. The van der Waals surface area contributed by atoms with E-state index in [1.165, 1.54) is 4.57 Å². The van der Waals surface area contributed by atoms with Crippen molar-refractivity contribution in [3.63, 3.8) is 0 Å². The molecule has 0 bridgehead atoms. The summed E-state index contributed by atoms with van der Waals surface area (Å²) in [5.41, 5.74) is -1.08. The minimum atomic E-state index is -2.10. The molecule has 2 heterocycles. The predicted octanol–water partition coefficient (Wildman–Crippen LogP) is 4.93. The van der Waals surface area contributed by atoms with Gasteiger partial charge in [-0.2, -0.15) is 0 Å². The standard InChI is InChI=1S/C23H44N2O5Si2/c1-16-14-25(20(27)24-19(16)26)18-13-17(30-32(11,12)22(5,6)7)23(8,29-18)15-28-31(9,10)21(2,3)4/h14,17-18H,13,15H2,1-12H3,(H,24,26,27)/t17-,18+,23-/m0/s1. The summed E-state index contributed by atoms with van der Waals surface area (Å²) in [6, 6.07) is 0. The number of ether oxygens (including phenoxy) is 1. The van der Waals surface area contributed by atoms with E-state index in [-0.39, 0.29) is 21.7 Å². The summed E-state index contributed by atoms with van der Waals surface area (Å²) in [5.74, 6) is 0. The molecule has 0 unspecified atom stereocenters. The van der Waals surface area contributed by atoms with Gasteiger partial charge in [0.15, 0.2) is 16.6 Å². The van der Waals surface area contributed by atoms with Crippen molar-refractivity contribution in [3.8, 4) is 0 Å². The topological polar surface area (TPSA) is 82.6 Å². The van der Waals surface area contributed by atoms with Crippen molar-refractivity contribution in [1.82, 2.24) is 9.55 Å². The van der Waals surface area contributed by atoms with Crippen molar-refractivity contribution in [2.75, 3.05) is 6.61 Å². The van der Waals surface area contributed by atoms with Gasteiger partial charge < -0.3 is 13.6 Å². The fourth-order valence-electron chi connectivity index (χ4n) is 3.21. The lowest BCUT2D eigenvalue weighted by molar-refractivity contribution is -0.111. The lowest BCUT2D eigenvalue weighted by atomic mass is 10.0. The van der Waals surface area contributed by atoms with Crippen LogP contribution in [0, 0.1) is 6.92 Å². The molecule has 0 radical (unpaired) electrons. The van der Waals surface area contributed by atoms with Crippen LogP contribution in [-0.2, 0) is 13.6 Å². The van der Waals surface area contributed by atoms with Crippen LogP contribution >= 0.6 is 0 Å². The van der Waals surface area contributed by atoms with Crippen LogP contribution in [0.5, 0.6) is 0 Å². The van der Waals surface area contributed by atoms with Gasteiger partial charge in [-0.1, -0.05) is 41.5 Å². The molecule has 1 N–H and O–H groups in total. The van der Waals surface area contributed by atoms with E-state index in [1.807, 2.05) is 6.92 Å². The van der Waals surface area contributed by atoms with Gasteiger partial charge in [0.1, 0.15) is 11.8 Å². The Kier molecular flexibility index (Phi) is 7.36. The molecule has 7 nitrogen and oxygen atoms in total. The van der Waals surface area contributed by atoms with Crippen LogP contribution in [0.25, 0.3) is 0 Å². The maximum Gasteiger partial charge on any atom is 0.330 e. The third-order valence-electron chi connectivity index (χ3n) is 7.73. The lowest BCUT2D eigenvalue weighted by Gasteiger charge is -2.43. The molecule has 3 atom stereocenters. The number of hydrogen-bond acceptors (Lipinski definition) is 5. The highest BCUT2D eigenvalue weighted by Crippen LogP contribution is 2.45. The molecule has 0 aromatic carbocycles. The SMILES string of the molecule is Cc1cn([C@H]2C[C@H](O[Si](C)(C)C(C)(C)C)[C@](C)(CO[Si](C)(C)C(C)(C)C)O2)c(=O)[nH]c1=O. The second-order valence-electron chi connectivity index (χ2n) is 12.5. The molecule has 1 saturated heterocycles. The van der Waals surface area contributed by atoms with Crippen molar-refractivity contribution in [2.24, 2.45) is 0 Å². The van der Waals surface area contributed by atoms with Gasteiger partial charge in [0.25, 0.3) is 5.56 Å². The average molecular weight is 485 g/mol. The Morgan fingerprint density at radius 2 is 1.62 bits per heavy atom. The number of hydrogen-bond donors (Lipinski definition) is 1. The zero-order valence-electron chi connectivity index (χ0n) is 22.1. The third-order valence-corrected chi connectivity index (χ3v) is 16.7. The molecular weight excluding hydrogens is 440 g/mol.